The van der Waals surface area contributed by atoms with E-state index in [1.165, 1.54) is 0 Å². The molecular formula is C8H14N2O2. The molecule has 1 amide bonds. The van der Waals surface area contributed by atoms with Gasteiger partial charge in [0.1, 0.15) is 6.23 Å². The highest BCUT2D eigenvalue weighted by Crippen LogP contribution is 2.26. The van der Waals surface area contributed by atoms with Gasteiger partial charge in [-0.2, -0.15) is 0 Å². The van der Waals surface area contributed by atoms with Crippen LogP contribution >= 0.6 is 0 Å². The summed E-state index contributed by atoms with van der Waals surface area (Å²) in [5.74, 6) is 0.150. The molecule has 4 heteroatoms. The van der Waals surface area contributed by atoms with Gasteiger partial charge in [-0.05, 0) is 13.8 Å². The van der Waals surface area contributed by atoms with Gasteiger partial charge in [0.25, 0.3) is 0 Å². The highest BCUT2D eigenvalue weighted by molar-refractivity contribution is 5.79. The molecule has 0 radical (unpaired) electrons. The van der Waals surface area contributed by atoms with Crippen molar-refractivity contribution in [3.05, 3.63) is 0 Å². The number of hydrogen-bond acceptors (Lipinski definition) is 3. The summed E-state index contributed by atoms with van der Waals surface area (Å²) in [7, 11) is 0. The molecule has 0 aromatic rings. The molecule has 0 aliphatic carbocycles. The molecule has 0 aromatic heterocycles. The van der Waals surface area contributed by atoms with Gasteiger partial charge in [0.15, 0.2) is 0 Å². The summed E-state index contributed by atoms with van der Waals surface area (Å²) < 4.78 is 5.67. The topological polar surface area (TPSA) is 41.6 Å². The van der Waals surface area contributed by atoms with E-state index in [2.05, 4.69) is 5.32 Å². The van der Waals surface area contributed by atoms with Crippen molar-refractivity contribution < 1.29 is 9.53 Å². The molecule has 1 atom stereocenters. The molecule has 2 aliphatic rings. The number of nitrogens with one attached hydrogen (secondary N) is 1. The highest BCUT2D eigenvalue weighted by Gasteiger charge is 2.42. The Kier molecular flexibility index (Phi) is 1.63. The summed E-state index contributed by atoms with van der Waals surface area (Å²) in [6.45, 7) is 5.96. The first-order chi connectivity index (χ1) is 5.58. The summed E-state index contributed by atoms with van der Waals surface area (Å²) in [5, 5.41) is 3.03. The fraction of sp³-hybridized carbons (Fsp3) is 0.875. The smallest absolute Gasteiger partial charge is 0.238 e. The van der Waals surface area contributed by atoms with E-state index in [-0.39, 0.29) is 17.7 Å². The lowest BCUT2D eigenvalue weighted by atomic mass is 10.1. The fourth-order valence-electron chi connectivity index (χ4n) is 1.79. The molecular weight excluding hydrogens is 156 g/mol. The van der Waals surface area contributed by atoms with Gasteiger partial charge in [-0.1, -0.05) is 0 Å². The second-order valence-corrected chi connectivity index (χ2v) is 3.98. The predicted octanol–water partition coefficient (Wildman–Crippen LogP) is -0.447. The Morgan fingerprint density at radius 2 is 2.42 bits per heavy atom. The number of carbonyl (C=O) groups is 1. The van der Waals surface area contributed by atoms with Crippen LogP contribution in [-0.4, -0.2) is 42.3 Å². The molecule has 4 nitrogen and oxygen atoms in total. The third-order valence-electron chi connectivity index (χ3n) is 2.27. The summed E-state index contributed by atoms with van der Waals surface area (Å²) in [5.41, 5.74) is -0.174. The molecule has 0 spiro atoms. The van der Waals surface area contributed by atoms with Crippen LogP contribution in [0, 0.1) is 0 Å². The Labute approximate surface area is 71.9 Å². The quantitative estimate of drug-likeness (QED) is 0.535. The summed E-state index contributed by atoms with van der Waals surface area (Å²) in [4.78, 5) is 13.2. The second-order valence-electron chi connectivity index (χ2n) is 3.98. The second kappa shape index (κ2) is 2.44. The molecule has 0 saturated carbocycles. The van der Waals surface area contributed by atoms with Gasteiger partial charge in [-0.3, -0.25) is 4.79 Å². The van der Waals surface area contributed by atoms with Crippen molar-refractivity contribution >= 4 is 5.91 Å². The first-order valence-corrected chi connectivity index (χ1v) is 4.26. The summed E-state index contributed by atoms with van der Waals surface area (Å²) in [6.07, 6.45) is -0.0405. The van der Waals surface area contributed by atoms with Crippen molar-refractivity contribution in [2.75, 3.05) is 19.6 Å². The lowest BCUT2D eigenvalue weighted by molar-refractivity contribution is -0.139. The van der Waals surface area contributed by atoms with E-state index < -0.39 is 0 Å². The van der Waals surface area contributed by atoms with Crippen molar-refractivity contribution in [3.63, 3.8) is 0 Å². The summed E-state index contributed by atoms with van der Waals surface area (Å²) >= 11 is 0. The van der Waals surface area contributed by atoms with Gasteiger partial charge in [0.2, 0.25) is 5.91 Å². The Balaban J connectivity index is 2.14. The number of nitrogens with zero attached hydrogens (tertiary/aromatic N) is 1. The van der Waals surface area contributed by atoms with Crippen LogP contribution in [0.4, 0.5) is 0 Å². The van der Waals surface area contributed by atoms with Crippen molar-refractivity contribution in [2.24, 2.45) is 0 Å². The Bertz CT molecular complexity index is 215. The monoisotopic (exact) mass is 170 g/mol. The molecule has 2 heterocycles. The molecule has 0 bridgehead atoms. The van der Waals surface area contributed by atoms with E-state index in [1.807, 2.05) is 18.7 Å². The number of fused-ring (bicyclic) bond motifs is 1. The van der Waals surface area contributed by atoms with Crippen LogP contribution in [-0.2, 0) is 9.53 Å². The van der Waals surface area contributed by atoms with E-state index in [4.69, 9.17) is 4.74 Å². The van der Waals surface area contributed by atoms with Crippen molar-refractivity contribution in [3.8, 4) is 0 Å². The standard InChI is InChI=1S/C8H14N2O2/c1-8(2)5-10-6(11)3-9-4-7(10)12-8/h7,9H,3-5H2,1-2H3. The molecule has 2 rings (SSSR count). The SMILES string of the molecule is CC1(C)CN2C(=O)CNCC2O1. The lowest BCUT2D eigenvalue weighted by Gasteiger charge is -2.27. The third kappa shape index (κ3) is 1.21. The highest BCUT2D eigenvalue weighted by atomic mass is 16.5. The minimum absolute atomic E-state index is 0.0405. The maximum Gasteiger partial charge on any atom is 0.238 e. The molecule has 2 fully saturated rings. The number of piperazine rings is 1. The van der Waals surface area contributed by atoms with Gasteiger partial charge < -0.3 is 15.0 Å². The molecule has 1 unspecified atom stereocenters. The first-order valence-electron chi connectivity index (χ1n) is 4.26. The Hall–Kier alpha value is -0.610. The Morgan fingerprint density at radius 1 is 1.67 bits per heavy atom. The molecule has 0 aromatic carbocycles. The molecule has 2 aliphatic heterocycles. The zero-order valence-electron chi connectivity index (χ0n) is 7.46. The number of carbonyl (C=O) groups excluding carboxylic acids is 1. The van der Waals surface area contributed by atoms with Gasteiger partial charge in [-0.25, -0.2) is 0 Å². The average Bonchev–Trinajstić information content (AvgIpc) is 2.25. The normalized spacial score (nSPS) is 33.7. The fourth-order valence-corrected chi connectivity index (χ4v) is 1.79. The molecule has 68 valence electrons. The Morgan fingerprint density at radius 3 is 3.08 bits per heavy atom. The number of amides is 1. The maximum atomic E-state index is 11.3. The first kappa shape index (κ1) is 8.01. The van der Waals surface area contributed by atoms with E-state index >= 15 is 0 Å². The predicted molar refractivity (Wildman–Crippen MR) is 43.5 cm³/mol. The average molecular weight is 170 g/mol. The zero-order chi connectivity index (χ0) is 8.77. The third-order valence-corrected chi connectivity index (χ3v) is 2.27. The van der Waals surface area contributed by atoms with Crippen LogP contribution in [0.25, 0.3) is 0 Å². The van der Waals surface area contributed by atoms with Crippen LogP contribution < -0.4 is 5.32 Å². The van der Waals surface area contributed by atoms with Crippen molar-refractivity contribution in [1.82, 2.24) is 10.2 Å². The lowest BCUT2D eigenvalue weighted by Crippen LogP contribution is -2.52. The maximum absolute atomic E-state index is 11.3. The van der Waals surface area contributed by atoms with E-state index in [9.17, 15) is 4.79 Å². The number of rotatable bonds is 0. The van der Waals surface area contributed by atoms with Crippen molar-refractivity contribution in [2.45, 2.75) is 25.7 Å². The minimum atomic E-state index is -0.174. The minimum Gasteiger partial charge on any atom is -0.349 e. The number of ether oxygens (including phenoxy) is 1. The van der Waals surface area contributed by atoms with E-state index in [0.717, 1.165) is 13.1 Å². The van der Waals surface area contributed by atoms with Gasteiger partial charge in [0, 0.05) is 6.54 Å². The van der Waals surface area contributed by atoms with Gasteiger partial charge in [0.05, 0.1) is 18.7 Å². The van der Waals surface area contributed by atoms with Gasteiger partial charge >= 0.3 is 0 Å². The largest absolute Gasteiger partial charge is 0.349 e. The van der Waals surface area contributed by atoms with E-state index in [0.29, 0.717) is 6.54 Å². The van der Waals surface area contributed by atoms with Crippen LogP contribution in [0.1, 0.15) is 13.8 Å². The molecule has 12 heavy (non-hydrogen) atoms. The zero-order valence-corrected chi connectivity index (χ0v) is 7.46. The van der Waals surface area contributed by atoms with E-state index in [1.54, 1.807) is 0 Å². The van der Waals surface area contributed by atoms with Gasteiger partial charge in [-0.15, -0.1) is 0 Å². The van der Waals surface area contributed by atoms with Crippen LogP contribution in [0.2, 0.25) is 0 Å². The summed E-state index contributed by atoms with van der Waals surface area (Å²) in [6, 6.07) is 0. The molecule has 2 saturated heterocycles. The van der Waals surface area contributed by atoms with Crippen LogP contribution in [0.5, 0.6) is 0 Å². The van der Waals surface area contributed by atoms with Crippen molar-refractivity contribution in [1.29, 1.82) is 0 Å². The van der Waals surface area contributed by atoms with Crippen LogP contribution in [0.3, 0.4) is 0 Å². The number of hydrogen-bond donors (Lipinski definition) is 1. The molecule has 1 N–H and O–H groups in total. The van der Waals surface area contributed by atoms with Crippen LogP contribution in [0.15, 0.2) is 0 Å².